The summed E-state index contributed by atoms with van der Waals surface area (Å²) in [5.41, 5.74) is 7.49. The van der Waals surface area contributed by atoms with Gasteiger partial charge in [0.05, 0.1) is 11.9 Å². The molecule has 1 aromatic rings. The molecular formula is C13H20N4S. The number of nitrogens with two attached hydrogens (primary N) is 1. The van der Waals surface area contributed by atoms with Crippen LogP contribution in [-0.4, -0.2) is 41.1 Å². The fourth-order valence-electron chi connectivity index (χ4n) is 2.28. The first-order valence-electron chi connectivity index (χ1n) is 6.47. The van der Waals surface area contributed by atoms with Gasteiger partial charge in [0.25, 0.3) is 0 Å². The molecule has 5 heteroatoms. The van der Waals surface area contributed by atoms with Crippen LogP contribution in [0.4, 0.5) is 5.69 Å². The minimum Gasteiger partial charge on any atom is -0.389 e. The minimum atomic E-state index is 0.415. The van der Waals surface area contributed by atoms with E-state index in [2.05, 4.69) is 15.2 Å². The molecule has 2 heterocycles. The zero-order valence-electron chi connectivity index (χ0n) is 10.6. The molecule has 0 spiro atoms. The van der Waals surface area contributed by atoms with Crippen molar-refractivity contribution in [3.05, 3.63) is 24.0 Å². The second kappa shape index (κ2) is 6.66. The van der Waals surface area contributed by atoms with Gasteiger partial charge in [-0.1, -0.05) is 18.6 Å². The Morgan fingerprint density at radius 3 is 2.89 bits per heavy atom. The monoisotopic (exact) mass is 264 g/mol. The molecule has 0 bridgehead atoms. The molecule has 2 rings (SSSR count). The highest BCUT2D eigenvalue weighted by Crippen LogP contribution is 2.13. The number of hydrogen-bond acceptors (Lipinski definition) is 4. The molecule has 0 radical (unpaired) electrons. The smallest absolute Gasteiger partial charge is 0.106 e. The van der Waals surface area contributed by atoms with Crippen LogP contribution >= 0.6 is 12.2 Å². The maximum atomic E-state index is 5.68. The van der Waals surface area contributed by atoms with Crippen LogP contribution < -0.4 is 11.1 Å². The van der Waals surface area contributed by atoms with E-state index < -0.39 is 0 Å². The van der Waals surface area contributed by atoms with Crippen LogP contribution in [0.1, 0.15) is 24.8 Å². The second-order valence-electron chi connectivity index (χ2n) is 4.61. The average molecular weight is 264 g/mol. The number of piperidine rings is 1. The molecule has 1 aliphatic rings. The predicted molar refractivity (Wildman–Crippen MR) is 78.9 cm³/mol. The fraction of sp³-hybridized carbons (Fsp3) is 0.538. The number of nitrogens with zero attached hydrogens (tertiary/aromatic N) is 2. The van der Waals surface area contributed by atoms with Gasteiger partial charge in [-0.05, 0) is 32.0 Å². The lowest BCUT2D eigenvalue weighted by atomic mass is 10.1. The highest BCUT2D eigenvalue weighted by atomic mass is 32.1. The zero-order valence-corrected chi connectivity index (χ0v) is 11.4. The summed E-state index contributed by atoms with van der Waals surface area (Å²) >= 11 is 5.02. The van der Waals surface area contributed by atoms with Crippen molar-refractivity contribution < 1.29 is 0 Å². The summed E-state index contributed by atoms with van der Waals surface area (Å²) in [4.78, 5) is 7.01. The molecule has 3 N–H and O–H groups in total. The summed E-state index contributed by atoms with van der Waals surface area (Å²) in [6, 6.07) is 1.85. The molecule has 0 unspecified atom stereocenters. The van der Waals surface area contributed by atoms with Crippen LogP contribution in [0.2, 0.25) is 0 Å². The van der Waals surface area contributed by atoms with Crippen molar-refractivity contribution in [1.29, 1.82) is 0 Å². The van der Waals surface area contributed by atoms with Gasteiger partial charge < -0.3 is 16.0 Å². The molecule has 1 saturated heterocycles. The van der Waals surface area contributed by atoms with E-state index in [1.807, 2.05) is 6.07 Å². The van der Waals surface area contributed by atoms with Crippen molar-refractivity contribution in [2.24, 2.45) is 5.73 Å². The van der Waals surface area contributed by atoms with E-state index in [1.165, 1.54) is 32.4 Å². The number of rotatable bonds is 5. The van der Waals surface area contributed by atoms with E-state index in [9.17, 15) is 0 Å². The maximum absolute atomic E-state index is 5.68. The molecule has 98 valence electrons. The molecule has 0 aromatic carbocycles. The zero-order chi connectivity index (χ0) is 12.8. The predicted octanol–water partition coefficient (Wildman–Crippen LogP) is 1.61. The number of aromatic nitrogens is 1. The van der Waals surface area contributed by atoms with Gasteiger partial charge in [0.15, 0.2) is 0 Å². The Balaban J connectivity index is 1.84. The Hall–Kier alpha value is -1.20. The van der Waals surface area contributed by atoms with Crippen molar-refractivity contribution in [1.82, 2.24) is 9.88 Å². The Morgan fingerprint density at radius 2 is 2.17 bits per heavy atom. The molecule has 0 saturated carbocycles. The normalized spacial score (nSPS) is 16.4. The third kappa shape index (κ3) is 3.65. The first kappa shape index (κ1) is 13.2. The van der Waals surface area contributed by atoms with Crippen LogP contribution in [0, 0.1) is 0 Å². The first-order chi connectivity index (χ1) is 8.77. The van der Waals surface area contributed by atoms with Crippen LogP contribution in [0.5, 0.6) is 0 Å². The summed E-state index contributed by atoms with van der Waals surface area (Å²) in [7, 11) is 0. The summed E-state index contributed by atoms with van der Waals surface area (Å²) < 4.78 is 0. The van der Waals surface area contributed by atoms with Gasteiger partial charge in [0, 0.05) is 24.8 Å². The summed E-state index contributed by atoms with van der Waals surface area (Å²) in [5.74, 6) is 0. The second-order valence-corrected chi connectivity index (χ2v) is 5.05. The number of likely N-dealkylation sites (tertiary alicyclic amines) is 1. The topological polar surface area (TPSA) is 54.2 Å². The maximum Gasteiger partial charge on any atom is 0.106 e. The molecular weight excluding hydrogens is 244 g/mol. The van der Waals surface area contributed by atoms with Crippen LogP contribution in [0.25, 0.3) is 0 Å². The Bertz CT molecular complexity index is 402. The van der Waals surface area contributed by atoms with E-state index in [0.717, 1.165) is 24.3 Å². The average Bonchev–Trinajstić information content (AvgIpc) is 2.40. The molecule has 0 aliphatic carbocycles. The quantitative estimate of drug-likeness (QED) is 0.791. The molecule has 1 aliphatic heterocycles. The van der Waals surface area contributed by atoms with Gasteiger partial charge in [0.1, 0.15) is 4.99 Å². The summed E-state index contributed by atoms with van der Waals surface area (Å²) in [6.07, 6.45) is 7.52. The highest BCUT2D eigenvalue weighted by Gasteiger charge is 2.10. The number of hydrogen-bond donors (Lipinski definition) is 2. The third-order valence-corrected chi connectivity index (χ3v) is 3.50. The Kier molecular flexibility index (Phi) is 4.90. The molecule has 4 nitrogen and oxygen atoms in total. The van der Waals surface area contributed by atoms with Gasteiger partial charge in [-0.25, -0.2) is 0 Å². The largest absolute Gasteiger partial charge is 0.389 e. The number of thiocarbonyl (C=S) groups is 1. The SMILES string of the molecule is NC(=S)c1ccncc1NCCN1CCCCC1. The molecule has 1 fully saturated rings. The van der Waals surface area contributed by atoms with Crippen molar-refractivity contribution in [2.75, 3.05) is 31.5 Å². The molecule has 0 amide bonds. The van der Waals surface area contributed by atoms with Crippen LogP contribution in [0.3, 0.4) is 0 Å². The number of anilines is 1. The van der Waals surface area contributed by atoms with Crippen LogP contribution in [-0.2, 0) is 0 Å². The lowest BCUT2D eigenvalue weighted by molar-refractivity contribution is 0.237. The van der Waals surface area contributed by atoms with Gasteiger partial charge in [-0.3, -0.25) is 4.98 Å². The minimum absolute atomic E-state index is 0.415. The first-order valence-corrected chi connectivity index (χ1v) is 6.88. The van der Waals surface area contributed by atoms with E-state index in [4.69, 9.17) is 18.0 Å². The lowest BCUT2D eigenvalue weighted by Gasteiger charge is -2.26. The van der Waals surface area contributed by atoms with Gasteiger partial charge in [-0.15, -0.1) is 0 Å². The Labute approximate surface area is 114 Å². The van der Waals surface area contributed by atoms with E-state index in [1.54, 1.807) is 12.4 Å². The van der Waals surface area contributed by atoms with Gasteiger partial charge in [0.2, 0.25) is 0 Å². The van der Waals surface area contributed by atoms with Crippen molar-refractivity contribution in [3.8, 4) is 0 Å². The molecule has 18 heavy (non-hydrogen) atoms. The van der Waals surface area contributed by atoms with E-state index in [-0.39, 0.29) is 0 Å². The van der Waals surface area contributed by atoms with Crippen molar-refractivity contribution in [3.63, 3.8) is 0 Å². The van der Waals surface area contributed by atoms with Crippen molar-refractivity contribution >= 4 is 22.9 Å². The highest BCUT2D eigenvalue weighted by molar-refractivity contribution is 7.80. The lowest BCUT2D eigenvalue weighted by Crippen LogP contribution is -2.33. The summed E-state index contributed by atoms with van der Waals surface area (Å²) in [5, 5.41) is 3.37. The van der Waals surface area contributed by atoms with Gasteiger partial charge in [-0.2, -0.15) is 0 Å². The van der Waals surface area contributed by atoms with Crippen molar-refractivity contribution in [2.45, 2.75) is 19.3 Å². The standard InChI is InChI=1S/C13H20N4S/c14-13(18)11-4-5-15-10-12(11)16-6-9-17-7-2-1-3-8-17/h4-5,10,16H,1-3,6-9H2,(H2,14,18). The molecule has 0 atom stereocenters. The van der Waals surface area contributed by atoms with Gasteiger partial charge >= 0.3 is 0 Å². The number of nitrogens with one attached hydrogen (secondary N) is 1. The summed E-state index contributed by atoms with van der Waals surface area (Å²) in [6.45, 7) is 4.40. The molecule has 1 aromatic heterocycles. The van der Waals surface area contributed by atoms with E-state index >= 15 is 0 Å². The third-order valence-electron chi connectivity index (χ3n) is 3.28. The fourth-order valence-corrected chi connectivity index (χ4v) is 2.46. The Morgan fingerprint density at radius 1 is 1.39 bits per heavy atom. The van der Waals surface area contributed by atoms with Crippen LogP contribution in [0.15, 0.2) is 18.5 Å². The van der Waals surface area contributed by atoms with E-state index in [0.29, 0.717) is 4.99 Å². The number of pyridine rings is 1.